The van der Waals surface area contributed by atoms with Gasteiger partial charge in [0.1, 0.15) is 11.6 Å². The molecule has 0 unspecified atom stereocenters. The third kappa shape index (κ3) is 5.14. The summed E-state index contributed by atoms with van der Waals surface area (Å²) < 4.78 is 0. The molecule has 0 spiro atoms. The van der Waals surface area contributed by atoms with E-state index in [-0.39, 0.29) is 23.4 Å². The zero-order valence-electron chi connectivity index (χ0n) is 15.8. The summed E-state index contributed by atoms with van der Waals surface area (Å²) in [5.74, 6) is -4.09. The molecule has 138 valence electrons. The maximum absolute atomic E-state index is 11.7. The molecule has 2 fully saturated rings. The van der Waals surface area contributed by atoms with E-state index in [1.54, 1.807) is 0 Å². The quantitative estimate of drug-likeness (QED) is 0.815. The lowest BCUT2D eigenvalue weighted by molar-refractivity contribution is -0.164. The molecule has 2 amide bonds. The van der Waals surface area contributed by atoms with Gasteiger partial charge in [-0.2, -0.15) is 0 Å². The minimum atomic E-state index is -0.729. The molecule has 0 radical (unpaired) electrons. The van der Waals surface area contributed by atoms with E-state index in [2.05, 4.69) is 10.6 Å². The number of carbonyl (C=O) groups is 4. The van der Waals surface area contributed by atoms with Crippen LogP contribution >= 0.6 is 0 Å². The Kier molecular flexibility index (Phi) is 10.2. The second-order valence-corrected chi connectivity index (χ2v) is 5.97. The van der Waals surface area contributed by atoms with Gasteiger partial charge < -0.3 is 10.6 Å². The van der Waals surface area contributed by atoms with E-state index in [1.165, 1.54) is 53.6 Å². The summed E-state index contributed by atoms with van der Waals surface area (Å²) >= 11 is 0. The Hall–Kier alpha value is -1.72. The lowest BCUT2D eigenvalue weighted by Gasteiger charge is -2.47. The molecular formula is C18H32N2O4. The van der Waals surface area contributed by atoms with E-state index < -0.39 is 23.7 Å². The summed E-state index contributed by atoms with van der Waals surface area (Å²) in [6.07, 6.45) is 6.00. The van der Waals surface area contributed by atoms with Crippen LogP contribution < -0.4 is 10.6 Å². The molecule has 0 bridgehead atoms. The molecule has 2 aliphatic carbocycles. The average molecular weight is 340 g/mol. The number of nitrogens with one attached hydrogen (secondary N) is 2. The van der Waals surface area contributed by atoms with E-state index in [0.29, 0.717) is 0 Å². The van der Waals surface area contributed by atoms with Crippen LogP contribution in [0.2, 0.25) is 0 Å². The van der Waals surface area contributed by atoms with Crippen LogP contribution in [0.1, 0.15) is 53.4 Å². The van der Waals surface area contributed by atoms with Crippen LogP contribution in [0.25, 0.3) is 0 Å². The second-order valence-electron chi connectivity index (χ2n) is 5.97. The van der Waals surface area contributed by atoms with Crippen LogP contribution in [-0.4, -0.2) is 37.5 Å². The molecule has 6 nitrogen and oxygen atoms in total. The Morgan fingerprint density at radius 2 is 0.875 bits per heavy atom. The third-order valence-electron chi connectivity index (χ3n) is 4.58. The van der Waals surface area contributed by atoms with Gasteiger partial charge >= 0.3 is 0 Å². The normalized spacial score (nSPS) is 26.8. The molecule has 0 saturated heterocycles. The van der Waals surface area contributed by atoms with Gasteiger partial charge in [-0.05, 0) is 13.8 Å². The van der Waals surface area contributed by atoms with Crippen LogP contribution in [0.3, 0.4) is 0 Å². The van der Waals surface area contributed by atoms with Crippen molar-refractivity contribution in [3.8, 4) is 0 Å². The molecule has 0 aromatic heterocycles. The molecule has 0 aliphatic heterocycles. The number of ketones is 2. The van der Waals surface area contributed by atoms with Crippen molar-refractivity contribution in [3.05, 3.63) is 0 Å². The van der Waals surface area contributed by atoms with Crippen molar-refractivity contribution in [2.24, 2.45) is 23.7 Å². The molecule has 0 heterocycles. The fraction of sp³-hybridized carbons (Fsp3) is 0.778. The molecule has 2 saturated carbocycles. The number of hydrogen-bond acceptors (Lipinski definition) is 4. The van der Waals surface area contributed by atoms with E-state index in [1.807, 2.05) is 13.8 Å². The van der Waals surface area contributed by atoms with Crippen molar-refractivity contribution >= 4 is 23.4 Å². The first-order valence-corrected chi connectivity index (χ1v) is 8.80. The van der Waals surface area contributed by atoms with Crippen molar-refractivity contribution in [3.63, 3.8) is 0 Å². The number of amides is 2. The first kappa shape index (κ1) is 22.3. The van der Waals surface area contributed by atoms with Gasteiger partial charge in [-0.1, -0.05) is 39.5 Å². The van der Waals surface area contributed by atoms with Gasteiger partial charge in [0.05, 0.1) is 11.8 Å². The van der Waals surface area contributed by atoms with Crippen LogP contribution in [0, 0.1) is 23.7 Å². The number of rotatable bonds is 4. The van der Waals surface area contributed by atoms with Gasteiger partial charge in [0, 0.05) is 25.9 Å². The summed E-state index contributed by atoms with van der Waals surface area (Å²) in [6, 6.07) is 0. The summed E-state index contributed by atoms with van der Waals surface area (Å²) in [5.41, 5.74) is 0. The molecule has 6 heteroatoms. The minimum Gasteiger partial charge on any atom is -0.359 e. The Morgan fingerprint density at radius 1 is 0.625 bits per heavy atom. The van der Waals surface area contributed by atoms with Crippen LogP contribution in [0.4, 0.5) is 0 Å². The Balaban J connectivity index is 0.000000746. The van der Waals surface area contributed by atoms with Gasteiger partial charge in [0.15, 0.2) is 0 Å². The van der Waals surface area contributed by atoms with Crippen molar-refractivity contribution in [1.29, 1.82) is 0 Å². The highest BCUT2D eigenvalue weighted by atomic mass is 16.2. The minimum absolute atomic E-state index is 0.241. The number of Topliss-reactive ketones (excluding diaryl/α,β-unsaturated/α-hetero) is 2. The maximum atomic E-state index is 11.7. The zero-order chi connectivity index (χ0) is 18.9. The van der Waals surface area contributed by atoms with Crippen LogP contribution in [0.5, 0.6) is 0 Å². The van der Waals surface area contributed by atoms with E-state index in [9.17, 15) is 19.2 Å². The SMILES string of the molecule is C1CCC1.CC.CNC(=O)C1C(C(C)=O)C(C(=O)NC)C1C(C)=O. The monoisotopic (exact) mass is 340 g/mol. The number of hydrogen-bond donors (Lipinski definition) is 2. The maximum Gasteiger partial charge on any atom is 0.224 e. The van der Waals surface area contributed by atoms with Gasteiger partial charge in [0.25, 0.3) is 0 Å². The Labute approximate surface area is 145 Å². The average Bonchev–Trinajstić information content (AvgIpc) is 2.45. The summed E-state index contributed by atoms with van der Waals surface area (Å²) in [5, 5.41) is 4.88. The molecule has 2 N–H and O–H groups in total. The highest BCUT2D eigenvalue weighted by Crippen LogP contribution is 2.47. The van der Waals surface area contributed by atoms with Crippen LogP contribution in [0.15, 0.2) is 0 Å². The van der Waals surface area contributed by atoms with Gasteiger partial charge in [-0.15, -0.1) is 0 Å². The first-order chi connectivity index (χ1) is 11.4. The number of carbonyl (C=O) groups excluding carboxylic acids is 4. The Morgan fingerprint density at radius 3 is 1.00 bits per heavy atom. The van der Waals surface area contributed by atoms with Crippen molar-refractivity contribution in [1.82, 2.24) is 10.6 Å². The molecular weight excluding hydrogens is 308 g/mol. The topological polar surface area (TPSA) is 92.3 Å². The largest absolute Gasteiger partial charge is 0.359 e. The fourth-order valence-electron chi connectivity index (χ4n) is 3.00. The highest BCUT2D eigenvalue weighted by Gasteiger charge is 2.60. The standard InChI is InChI=1S/C12H18N2O4.C4H8.C2H6/c1-5(15)7-9(11(17)13-3)8(6(2)16)10(7)12(18)14-4;1-2-4-3-1;1-2/h7-10H,1-4H3,(H,13,17)(H,14,18);1-4H2;1-2H3. The fourth-order valence-corrected chi connectivity index (χ4v) is 3.00. The van der Waals surface area contributed by atoms with Gasteiger partial charge in [-0.25, -0.2) is 0 Å². The van der Waals surface area contributed by atoms with Crippen molar-refractivity contribution in [2.45, 2.75) is 53.4 Å². The van der Waals surface area contributed by atoms with Crippen molar-refractivity contribution < 1.29 is 19.2 Å². The molecule has 0 atom stereocenters. The van der Waals surface area contributed by atoms with Crippen molar-refractivity contribution in [2.75, 3.05) is 14.1 Å². The molecule has 0 aromatic carbocycles. The van der Waals surface area contributed by atoms with E-state index in [4.69, 9.17) is 0 Å². The van der Waals surface area contributed by atoms with E-state index in [0.717, 1.165) is 0 Å². The zero-order valence-corrected chi connectivity index (χ0v) is 15.8. The van der Waals surface area contributed by atoms with Crippen LogP contribution in [-0.2, 0) is 19.2 Å². The smallest absolute Gasteiger partial charge is 0.224 e. The van der Waals surface area contributed by atoms with E-state index >= 15 is 0 Å². The summed E-state index contributed by atoms with van der Waals surface area (Å²) in [4.78, 5) is 46.6. The predicted molar refractivity (Wildman–Crippen MR) is 93.3 cm³/mol. The van der Waals surface area contributed by atoms with Gasteiger partial charge in [-0.3, -0.25) is 19.2 Å². The predicted octanol–water partition coefficient (Wildman–Crippen LogP) is 1.72. The lowest BCUT2D eigenvalue weighted by atomic mass is 9.53. The third-order valence-corrected chi connectivity index (χ3v) is 4.58. The molecule has 0 aromatic rings. The molecule has 24 heavy (non-hydrogen) atoms. The van der Waals surface area contributed by atoms with Gasteiger partial charge in [0.2, 0.25) is 11.8 Å². The first-order valence-electron chi connectivity index (χ1n) is 8.80. The summed E-state index contributed by atoms with van der Waals surface area (Å²) in [6.45, 7) is 6.68. The Bertz CT molecular complexity index is 408. The molecule has 2 rings (SSSR count). The molecule has 2 aliphatic rings. The lowest BCUT2D eigenvalue weighted by Crippen LogP contribution is -2.62. The summed E-state index contributed by atoms with van der Waals surface area (Å²) in [7, 11) is 2.90. The highest BCUT2D eigenvalue weighted by molar-refractivity contribution is 6.02. The second kappa shape index (κ2) is 10.9.